The van der Waals surface area contributed by atoms with Gasteiger partial charge in [0.25, 0.3) is 0 Å². The molecule has 0 radical (unpaired) electrons. The molecule has 1 heterocycles. The zero-order valence-electron chi connectivity index (χ0n) is 13.0. The minimum absolute atomic E-state index is 0.0432. The number of rotatable bonds is 3. The lowest BCUT2D eigenvalue weighted by molar-refractivity contribution is 0.381. The minimum Gasteiger partial charge on any atom is -0.359 e. The first-order valence-electron chi connectivity index (χ1n) is 6.98. The SMILES string of the molecule is CN=C(NCc1cc(-c2ccccc2)no1)NC(C)(C)C. The monoisotopic (exact) mass is 286 g/mol. The zero-order chi connectivity index (χ0) is 15.3. The number of hydrogen-bond donors (Lipinski definition) is 2. The van der Waals surface area contributed by atoms with Gasteiger partial charge in [0.05, 0.1) is 6.54 Å². The minimum atomic E-state index is -0.0432. The van der Waals surface area contributed by atoms with Crippen LogP contribution < -0.4 is 10.6 Å². The Morgan fingerprint density at radius 1 is 1.24 bits per heavy atom. The topological polar surface area (TPSA) is 62.5 Å². The Morgan fingerprint density at radius 3 is 2.57 bits per heavy atom. The molecule has 0 atom stereocenters. The Balaban J connectivity index is 1.97. The van der Waals surface area contributed by atoms with Crippen LogP contribution in [0.25, 0.3) is 11.3 Å². The lowest BCUT2D eigenvalue weighted by Gasteiger charge is -2.23. The summed E-state index contributed by atoms with van der Waals surface area (Å²) in [5.74, 6) is 1.51. The fraction of sp³-hybridized carbons (Fsp3) is 0.375. The van der Waals surface area contributed by atoms with Crippen molar-refractivity contribution in [1.29, 1.82) is 0 Å². The Kier molecular flexibility index (Phi) is 4.62. The van der Waals surface area contributed by atoms with Crippen molar-refractivity contribution in [1.82, 2.24) is 15.8 Å². The number of nitrogens with zero attached hydrogens (tertiary/aromatic N) is 2. The maximum Gasteiger partial charge on any atom is 0.191 e. The van der Waals surface area contributed by atoms with Gasteiger partial charge in [0.2, 0.25) is 0 Å². The van der Waals surface area contributed by atoms with Crippen LogP contribution in [0.15, 0.2) is 45.9 Å². The number of hydrogen-bond acceptors (Lipinski definition) is 3. The first-order valence-corrected chi connectivity index (χ1v) is 6.98. The van der Waals surface area contributed by atoms with Crippen molar-refractivity contribution in [3.63, 3.8) is 0 Å². The van der Waals surface area contributed by atoms with Crippen molar-refractivity contribution in [3.8, 4) is 11.3 Å². The molecule has 0 saturated carbocycles. The lowest BCUT2D eigenvalue weighted by Crippen LogP contribution is -2.47. The van der Waals surface area contributed by atoms with Crippen molar-refractivity contribution in [2.24, 2.45) is 4.99 Å². The van der Waals surface area contributed by atoms with E-state index in [1.54, 1.807) is 7.05 Å². The number of aromatic nitrogens is 1. The van der Waals surface area contributed by atoms with E-state index in [4.69, 9.17) is 4.52 Å². The van der Waals surface area contributed by atoms with Crippen LogP contribution in [0.2, 0.25) is 0 Å². The fourth-order valence-electron chi connectivity index (χ4n) is 1.85. The van der Waals surface area contributed by atoms with Gasteiger partial charge in [-0.1, -0.05) is 35.5 Å². The summed E-state index contributed by atoms with van der Waals surface area (Å²) in [7, 11) is 1.75. The summed E-state index contributed by atoms with van der Waals surface area (Å²) < 4.78 is 5.35. The number of benzene rings is 1. The molecule has 0 aliphatic rings. The second-order valence-electron chi connectivity index (χ2n) is 5.85. The van der Waals surface area contributed by atoms with Crippen LogP contribution >= 0.6 is 0 Å². The molecule has 0 unspecified atom stereocenters. The van der Waals surface area contributed by atoms with Crippen LogP contribution in [0.5, 0.6) is 0 Å². The van der Waals surface area contributed by atoms with Crippen molar-refractivity contribution < 1.29 is 4.52 Å². The largest absolute Gasteiger partial charge is 0.359 e. The molecule has 2 aromatic rings. The predicted octanol–water partition coefficient (Wildman–Crippen LogP) is 2.81. The second-order valence-corrected chi connectivity index (χ2v) is 5.85. The van der Waals surface area contributed by atoms with Crippen LogP contribution in [-0.4, -0.2) is 23.7 Å². The molecule has 21 heavy (non-hydrogen) atoms. The van der Waals surface area contributed by atoms with Gasteiger partial charge in [0, 0.05) is 24.2 Å². The Labute approximate surface area is 125 Å². The van der Waals surface area contributed by atoms with E-state index in [9.17, 15) is 0 Å². The van der Waals surface area contributed by atoms with Gasteiger partial charge in [-0.15, -0.1) is 0 Å². The smallest absolute Gasteiger partial charge is 0.191 e. The van der Waals surface area contributed by atoms with E-state index in [1.165, 1.54) is 0 Å². The normalized spacial score (nSPS) is 12.3. The van der Waals surface area contributed by atoms with Crippen LogP contribution in [0, 0.1) is 0 Å². The standard InChI is InChI=1S/C16H22N4O/c1-16(2,3)19-15(17-4)18-11-13-10-14(20-21-13)12-8-6-5-7-9-12/h5-10H,11H2,1-4H3,(H2,17,18,19). The van der Waals surface area contributed by atoms with E-state index in [0.29, 0.717) is 6.54 Å². The van der Waals surface area contributed by atoms with Crippen molar-refractivity contribution >= 4 is 5.96 Å². The van der Waals surface area contributed by atoms with Crippen molar-refractivity contribution in [2.45, 2.75) is 32.9 Å². The molecule has 0 aliphatic carbocycles. The molecule has 5 heteroatoms. The molecule has 0 spiro atoms. The molecule has 0 fully saturated rings. The number of guanidine groups is 1. The summed E-state index contributed by atoms with van der Waals surface area (Å²) in [4.78, 5) is 4.19. The maximum absolute atomic E-state index is 5.35. The summed E-state index contributed by atoms with van der Waals surface area (Å²) in [6.07, 6.45) is 0. The molecule has 0 amide bonds. The Bertz CT molecular complexity index is 596. The van der Waals surface area contributed by atoms with Gasteiger partial charge in [-0.3, -0.25) is 4.99 Å². The van der Waals surface area contributed by atoms with Gasteiger partial charge < -0.3 is 15.2 Å². The average Bonchev–Trinajstić information content (AvgIpc) is 2.92. The summed E-state index contributed by atoms with van der Waals surface area (Å²) >= 11 is 0. The van der Waals surface area contributed by atoms with E-state index in [-0.39, 0.29) is 5.54 Å². The second kappa shape index (κ2) is 6.43. The zero-order valence-corrected chi connectivity index (χ0v) is 13.0. The number of aliphatic imine (C=N–C) groups is 1. The molecule has 0 saturated heterocycles. The summed E-state index contributed by atoms with van der Waals surface area (Å²) in [6.45, 7) is 6.79. The molecule has 1 aromatic heterocycles. The molecule has 2 rings (SSSR count). The van der Waals surface area contributed by atoms with Gasteiger partial charge in [-0.05, 0) is 20.8 Å². The fourth-order valence-corrected chi connectivity index (χ4v) is 1.85. The van der Waals surface area contributed by atoms with E-state index in [2.05, 4.69) is 41.6 Å². The van der Waals surface area contributed by atoms with Gasteiger partial charge in [-0.2, -0.15) is 0 Å². The van der Waals surface area contributed by atoms with Crippen LogP contribution in [0.4, 0.5) is 0 Å². The third kappa shape index (κ3) is 4.63. The molecule has 5 nitrogen and oxygen atoms in total. The van der Waals surface area contributed by atoms with Crippen LogP contribution in [0.1, 0.15) is 26.5 Å². The molecular weight excluding hydrogens is 264 g/mol. The molecule has 112 valence electrons. The first kappa shape index (κ1) is 15.1. The molecule has 2 N–H and O–H groups in total. The summed E-state index contributed by atoms with van der Waals surface area (Å²) in [5, 5.41) is 10.6. The van der Waals surface area contributed by atoms with E-state index in [0.717, 1.165) is 23.0 Å². The summed E-state index contributed by atoms with van der Waals surface area (Å²) in [5.41, 5.74) is 1.84. The lowest BCUT2D eigenvalue weighted by atomic mass is 10.1. The molecule has 0 bridgehead atoms. The highest BCUT2D eigenvalue weighted by molar-refractivity contribution is 5.80. The first-order chi connectivity index (χ1) is 9.98. The third-order valence-electron chi connectivity index (χ3n) is 2.78. The quantitative estimate of drug-likeness (QED) is 0.673. The Hall–Kier alpha value is -2.30. The van der Waals surface area contributed by atoms with Crippen LogP contribution in [0.3, 0.4) is 0 Å². The molecule has 0 aliphatic heterocycles. The van der Waals surface area contributed by atoms with Gasteiger partial charge >= 0.3 is 0 Å². The van der Waals surface area contributed by atoms with E-state index in [1.807, 2.05) is 36.4 Å². The highest BCUT2D eigenvalue weighted by Crippen LogP contribution is 2.18. The highest BCUT2D eigenvalue weighted by atomic mass is 16.5. The van der Waals surface area contributed by atoms with Crippen molar-refractivity contribution in [2.75, 3.05) is 7.05 Å². The Morgan fingerprint density at radius 2 is 1.95 bits per heavy atom. The van der Waals surface area contributed by atoms with Gasteiger partial charge in [0.1, 0.15) is 5.69 Å². The summed E-state index contributed by atoms with van der Waals surface area (Å²) in [6, 6.07) is 11.9. The third-order valence-corrected chi connectivity index (χ3v) is 2.78. The van der Waals surface area contributed by atoms with Gasteiger partial charge in [-0.25, -0.2) is 0 Å². The number of nitrogens with one attached hydrogen (secondary N) is 2. The van der Waals surface area contributed by atoms with Crippen LogP contribution in [-0.2, 0) is 6.54 Å². The average molecular weight is 286 g/mol. The molecule has 1 aromatic carbocycles. The highest BCUT2D eigenvalue weighted by Gasteiger charge is 2.12. The van der Waals surface area contributed by atoms with E-state index >= 15 is 0 Å². The predicted molar refractivity (Wildman–Crippen MR) is 85.0 cm³/mol. The van der Waals surface area contributed by atoms with Gasteiger partial charge in [0.15, 0.2) is 11.7 Å². The van der Waals surface area contributed by atoms with Crippen molar-refractivity contribution in [3.05, 3.63) is 42.2 Å². The van der Waals surface area contributed by atoms with E-state index < -0.39 is 0 Å². The molecular formula is C16H22N4O. The maximum atomic E-state index is 5.35.